The van der Waals surface area contributed by atoms with Crippen molar-refractivity contribution in [2.75, 3.05) is 13.1 Å². The highest BCUT2D eigenvalue weighted by atomic mass is 32.1. The highest BCUT2D eigenvalue weighted by Gasteiger charge is 2.19. The van der Waals surface area contributed by atoms with Crippen molar-refractivity contribution in [2.24, 2.45) is 0 Å². The third-order valence-electron chi connectivity index (χ3n) is 4.91. The number of carbonyl (C=O) groups excluding carboxylic acids is 1. The average Bonchev–Trinajstić information content (AvgIpc) is 3.13. The van der Waals surface area contributed by atoms with Crippen LogP contribution in [-0.4, -0.2) is 33.0 Å². The highest BCUT2D eigenvalue weighted by molar-refractivity contribution is 7.17. The summed E-state index contributed by atoms with van der Waals surface area (Å²) in [6.07, 6.45) is 0. The summed E-state index contributed by atoms with van der Waals surface area (Å²) >= 11 is 1.28. The fourth-order valence-electron chi connectivity index (χ4n) is 3.14. The Hall–Kier alpha value is -2.67. The van der Waals surface area contributed by atoms with Gasteiger partial charge in [0.2, 0.25) is 5.91 Å². The molecule has 142 valence electrons. The Morgan fingerprint density at radius 1 is 1.07 bits per heavy atom. The van der Waals surface area contributed by atoms with E-state index in [4.69, 9.17) is 0 Å². The van der Waals surface area contributed by atoms with Gasteiger partial charge < -0.3 is 4.90 Å². The van der Waals surface area contributed by atoms with Crippen LogP contribution in [0.3, 0.4) is 0 Å². The van der Waals surface area contributed by atoms with E-state index in [0.29, 0.717) is 29.0 Å². The summed E-state index contributed by atoms with van der Waals surface area (Å²) in [6, 6.07) is 7.21. The van der Waals surface area contributed by atoms with Gasteiger partial charge in [0.15, 0.2) is 0 Å². The van der Waals surface area contributed by atoms with Gasteiger partial charge in [-0.1, -0.05) is 6.07 Å². The lowest BCUT2D eigenvalue weighted by atomic mass is 10.1. The third kappa shape index (κ3) is 3.35. The Kier molecular flexibility index (Phi) is 5.32. The molecule has 2 aromatic heterocycles. The van der Waals surface area contributed by atoms with Crippen LogP contribution >= 0.6 is 11.3 Å². The van der Waals surface area contributed by atoms with Crippen molar-refractivity contribution in [3.05, 3.63) is 61.6 Å². The summed E-state index contributed by atoms with van der Waals surface area (Å²) in [5.41, 5.74) is 2.27. The van der Waals surface area contributed by atoms with Gasteiger partial charge in [0.05, 0.1) is 11.2 Å². The smallest absolute Gasteiger partial charge is 0.336 e. The van der Waals surface area contributed by atoms with Crippen LogP contribution in [0.2, 0.25) is 0 Å². The second-order valence-corrected chi connectivity index (χ2v) is 7.39. The molecule has 0 saturated heterocycles. The van der Waals surface area contributed by atoms with Gasteiger partial charge in [-0.2, -0.15) is 0 Å². The molecule has 0 radical (unpaired) electrons. The van der Waals surface area contributed by atoms with Crippen molar-refractivity contribution in [3.63, 3.8) is 0 Å². The molecule has 27 heavy (non-hydrogen) atoms. The minimum atomic E-state index is -0.491. The Morgan fingerprint density at radius 2 is 1.78 bits per heavy atom. The van der Waals surface area contributed by atoms with E-state index in [1.54, 1.807) is 22.4 Å². The number of aryl methyl sites for hydroxylation is 2. The van der Waals surface area contributed by atoms with Crippen LogP contribution in [0, 0.1) is 13.8 Å². The third-order valence-corrected chi connectivity index (χ3v) is 5.80. The van der Waals surface area contributed by atoms with Crippen molar-refractivity contribution >= 4 is 27.5 Å². The fourth-order valence-corrected chi connectivity index (χ4v) is 3.97. The quantitative estimate of drug-likeness (QED) is 0.678. The number of hydrogen-bond donors (Lipinski definition) is 0. The standard InChI is InChI=1S/C20H23N3O3S/c1-5-21(6-2)17(24)12-22-16-9-10-27-18(16)19(25)23(20(22)26)15-8-7-13(3)14(4)11-15/h7-11H,5-6,12H2,1-4H3. The maximum absolute atomic E-state index is 13.2. The number of carbonyl (C=O) groups is 1. The van der Waals surface area contributed by atoms with Crippen molar-refractivity contribution in [1.29, 1.82) is 0 Å². The molecule has 1 aromatic carbocycles. The van der Waals surface area contributed by atoms with Crippen LogP contribution < -0.4 is 11.2 Å². The molecule has 0 aliphatic carbocycles. The number of nitrogens with zero attached hydrogens (tertiary/aromatic N) is 3. The summed E-state index contributed by atoms with van der Waals surface area (Å²) in [5, 5.41) is 1.77. The van der Waals surface area contributed by atoms with Crippen LogP contribution in [0.1, 0.15) is 25.0 Å². The summed E-state index contributed by atoms with van der Waals surface area (Å²) in [7, 11) is 0. The lowest BCUT2D eigenvalue weighted by Crippen LogP contribution is -2.42. The number of benzene rings is 1. The van der Waals surface area contributed by atoms with Crippen molar-refractivity contribution in [1.82, 2.24) is 14.0 Å². The second-order valence-electron chi connectivity index (χ2n) is 6.48. The first-order chi connectivity index (χ1) is 12.9. The number of hydrogen-bond acceptors (Lipinski definition) is 4. The monoisotopic (exact) mass is 385 g/mol. The summed E-state index contributed by atoms with van der Waals surface area (Å²) < 4.78 is 3.05. The molecule has 0 atom stereocenters. The van der Waals surface area contributed by atoms with E-state index in [-0.39, 0.29) is 18.0 Å². The molecule has 0 aliphatic rings. The molecule has 0 bridgehead atoms. The number of thiophene rings is 1. The molecule has 0 saturated carbocycles. The molecule has 0 fully saturated rings. The topological polar surface area (TPSA) is 64.3 Å². The first-order valence-electron chi connectivity index (χ1n) is 8.97. The van der Waals surface area contributed by atoms with Crippen LogP contribution in [0.25, 0.3) is 15.9 Å². The minimum absolute atomic E-state index is 0.0845. The summed E-state index contributed by atoms with van der Waals surface area (Å²) in [4.78, 5) is 40.4. The predicted octanol–water partition coefficient (Wildman–Crippen LogP) is 2.70. The van der Waals surface area contributed by atoms with Gasteiger partial charge in [0.25, 0.3) is 5.56 Å². The van der Waals surface area contributed by atoms with E-state index < -0.39 is 5.69 Å². The van der Waals surface area contributed by atoms with E-state index in [0.717, 1.165) is 11.1 Å². The summed E-state index contributed by atoms with van der Waals surface area (Å²) in [5.74, 6) is -0.139. The molecule has 3 rings (SSSR count). The molecular weight excluding hydrogens is 362 g/mol. The largest absolute Gasteiger partial charge is 0.342 e. The lowest BCUT2D eigenvalue weighted by Gasteiger charge is -2.20. The number of rotatable bonds is 5. The SMILES string of the molecule is CCN(CC)C(=O)Cn1c(=O)n(-c2ccc(C)c(C)c2)c(=O)c2sccc21. The van der Waals surface area contributed by atoms with E-state index >= 15 is 0 Å². The zero-order chi connectivity index (χ0) is 19.7. The Morgan fingerprint density at radius 3 is 2.41 bits per heavy atom. The molecule has 0 unspecified atom stereocenters. The van der Waals surface area contributed by atoms with Gasteiger partial charge in [-0.3, -0.25) is 14.2 Å². The molecule has 0 aliphatic heterocycles. The van der Waals surface area contributed by atoms with Crippen LogP contribution in [0.5, 0.6) is 0 Å². The number of amides is 1. The fraction of sp³-hybridized carbons (Fsp3) is 0.350. The predicted molar refractivity (Wildman–Crippen MR) is 109 cm³/mol. The van der Waals surface area contributed by atoms with Gasteiger partial charge in [-0.05, 0) is 62.4 Å². The van der Waals surface area contributed by atoms with Gasteiger partial charge in [0.1, 0.15) is 11.2 Å². The van der Waals surface area contributed by atoms with Crippen molar-refractivity contribution < 1.29 is 4.79 Å². The zero-order valence-corrected chi connectivity index (χ0v) is 16.8. The Balaban J connectivity index is 2.24. The average molecular weight is 385 g/mol. The van der Waals surface area contributed by atoms with Crippen LogP contribution in [0.15, 0.2) is 39.2 Å². The van der Waals surface area contributed by atoms with Gasteiger partial charge in [0, 0.05) is 13.1 Å². The molecule has 7 heteroatoms. The second kappa shape index (κ2) is 7.52. The minimum Gasteiger partial charge on any atom is -0.342 e. The first-order valence-corrected chi connectivity index (χ1v) is 9.85. The molecule has 2 heterocycles. The molecule has 3 aromatic rings. The van der Waals surface area contributed by atoms with E-state index in [2.05, 4.69) is 0 Å². The van der Waals surface area contributed by atoms with Crippen molar-refractivity contribution in [2.45, 2.75) is 34.2 Å². The van der Waals surface area contributed by atoms with E-state index in [1.165, 1.54) is 20.5 Å². The van der Waals surface area contributed by atoms with E-state index in [9.17, 15) is 14.4 Å². The van der Waals surface area contributed by atoms with Crippen LogP contribution in [0.4, 0.5) is 0 Å². The van der Waals surface area contributed by atoms with Gasteiger partial charge in [-0.25, -0.2) is 9.36 Å². The number of aromatic nitrogens is 2. The maximum Gasteiger partial charge on any atom is 0.336 e. The number of likely N-dealkylation sites (N-methyl/N-ethyl adjacent to an activating group) is 1. The highest BCUT2D eigenvalue weighted by Crippen LogP contribution is 2.18. The van der Waals surface area contributed by atoms with Crippen molar-refractivity contribution in [3.8, 4) is 5.69 Å². The molecule has 0 N–H and O–H groups in total. The molecule has 6 nitrogen and oxygen atoms in total. The lowest BCUT2D eigenvalue weighted by molar-refractivity contribution is -0.131. The Labute approximate surface area is 161 Å². The summed E-state index contributed by atoms with van der Waals surface area (Å²) in [6.45, 7) is 8.79. The first kappa shape index (κ1) is 19.1. The van der Waals surface area contributed by atoms with Gasteiger partial charge >= 0.3 is 5.69 Å². The van der Waals surface area contributed by atoms with Crippen LogP contribution in [-0.2, 0) is 11.3 Å². The van der Waals surface area contributed by atoms with Gasteiger partial charge in [-0.15, -0.1) is 11.3 Å². The Bertz CT molecular complexity index is 1120. The molecule has 0 spiro atoms. The maximum atomic E-state index is 13.2. The number of fused-ring (bicyclic) bond motifs is 1. The molecular formula is C20H23N3O3S. The molecule has 1 amide bonds. The normalized spacial score (nSPS) is 11.1. The van der Waals surface area contributed by atoms with E-state index in [1.807, 2.05) is 39.8 Å². The zero-order valence-electron chi connectivity index (χ0n) is 16.0.